The van der Waals surface area contributed by atoms with Crippen LogP contribution in [0.2, 0.25) is 0 Å². The van der Waals surface area contributed by atoms with Gasteiger partial charge in [0.2, 0.25) is 0 Å². The van der Waals surface area contributed by atoms with Crippen molar-refractivity contribution >= 4 is 5.97 Å². The Bertz CT molecular complexity index is 477. The highest BCUT2D eigenvalue weighted by Crippen LogP contribution is 2.12. The van der Waals surface area contributed by atoms with Crippen LogP contribution in [-0.2, 0) is 27.2 Å². The largest absolute Gasteiger partial charge is 0.464 e. The van der Waals surface area contributed by atoms with Crippen LogP contribution in [-0.4, -0.2) is 79.5 Å². The lowest BCUT2D eigenvalue weighted by Crippen LogP contribution is -2.42. The molecule has 0 aromatic carbocycles. The predicted octanol–water partition coefficient (Wildman–Crippen LogP) is -0.416. The molecule has 1 atom stereocenters. The van der Waals surface area contributed by atoms with Crippen LogP contribution < -0.4 is 0 Å². The number of ether oxygens (including phenoxy) is 3. The van der Waals surface area contributed by atoms with Gasteiger partial charge in [-0.1, -0.05) is 5.21 Å². The van der Waals surface area contributed by atoms with Gasteiger partial charge in [0, 0.05) is 26.6 Å². The maximum atomic E-state index is 11.7. The normalized spacial score (nSPS) is 19.7. The fourth-order valence-electron chi connectivity index (χ4n) is 2.35. The minimum atomic E-state index is -0.478. The van der Waals surface area contributed by atoms with Gasteiger partial charge in [-0.25, -0.2) is 9.48 Å². The fourth-order valence-corrected chi connectivity index (χ4v) is 2.35. The molecule has 2 rings (SSSR count). The summed E-state index contributed by atoms with van der Waals surface area (Å²) in [5.74, 6) is -0.478. The summed E-state index contributed by atoms with van der Waals surface area (Å²) in [5, 5.41) is 8.01. The Morgan fingerprint density at radius 3 is 2.95 bits per heavy atom. The minimum absolute atomic E-state index is 0.0391. The zero-order valence-electron chi connectivity index (χ0n) is 12.7. The Hall–Kier alpha value is -1.51. The summed E-state index contributed by atoms with van der Waals surface area (Å²) in [5.41, 5.74) is 0.972. The van der Waals surface area contributed by atoms with Crippen LogP contribution in [0, 0.1) is 0 Å². The highest BCUT2D eigenvalue weighted by molar-refractivity contribution is 5.88. The van der Waals surface area contributed by atoms with Crippen molar-refractivity contribution in [2.24, 2.45) is 0 Å². The molecule has 1 aliphatic heterocycles. The van der Waals surface area contributed by atoms with E-state index in [9.17, 15) is 4.79 Å². The van der Waals surface area contributed by atoms with E-state index in [0.29, 0.717) is 26.2 Å². The van der Waals surface area contributed by atoms with Gasteiger partial charge in [0.25, 0.3) is 0 Å². The topological polar surface area (TPSA) is 78.7 Å². The molecule has 1 aromatic heterocycles. The molecule has 8 nitrogen and oxygen atoms in total. The van der Waals surface area contributed by atoms with Crippen LogP contribution in [0.1, 0.15) is 16.2 Å². The number of hydrogen-bond donors (Lipinski definition) is 0. The third-order valence-corrected chi connectivity index (χ3v) is 3.48. The number of aromatic nitrogens is 3. The molecule has 2 heterocycles. The molecular formula is C13H22N4O4. The average Bonchev–Trinajstić information content (AvgIpc) is 2.87. The van der Waals surface area contributed by atoms with Gasteiger partial charge >= 0.3 is 5.97 Å². The van der Waals surface area contributed by atoms with Crippen molar-refractivity contribution in [2.75, 3.05) is 47.6 Å². The van der Waals surface area contributed by atoms with E-state index in [2.05, 4.69) is 22.3 Å². The second-order valence-electron chi connectivity index (χ2n) is 5.06. The number of hydrogen-bond acceptors (Lipinski definition) is 7. The Labute approximate surface area is 123 Å². The molecule has 0 saturated carbocycles. The molecule has 1 aliphatic rings. The molecule has 8 heteroatoms. The molecule has 0 radical (unpaired) electrons. The molecule has 1 saturated heterocycles. The molecule has 0 aliphatic carbocycles. The number of methoxy groups -OCH3 is 2. The van der Waals surface area contributed by atoms with Gasteiger partial charge in [-0.2, -0.15) is 0 Å². The number of carbonyl (C=O) groups is 1. The van der Waals surface area contributed by atoms with E-state index in [1.54, 1.807) is 11.8 Å². The number of rotatable bonds is 6. The van der Waals surface area contributed by atoms with E-state index >= 15 is 0 Å². The molecular weight excluding hydrogens is 276 g/mol. The first-order chi connectivity index (χ1) is 10.2. The van der Waals surface area contributed by atoms with Crippen LogP contribution in [0.15, 0.2) is 0 Å². The van der Waals surface area contributed by atoms with Crippen molar-refractivity contribution in [1.82, 2.24) is 19.9 Å². The molecule has 1 aromatic rings. The fraction of sp³-hybridized carbons (Fsp3) is 0.769. The molecule has 118 valence electrons. The van der Waals surface area contributed by atoms with E-state index < -0.39 is 5.97 Å². The number of esters is 1. The summed E-state index contributed by atoms with van der Waals surface area (Å²) in [6.45, 7) is 3.51. The van der Waals surface area contributed by atoms with E-state index in [1.807, 2.05) is 0 Å². The van der Waals surface area contributed by atoms with Gasteiger partial charge in [0.15, 0.2) is 5.69 Å². The van der Waals surface area contributed by atoms with Crippen molar-refractivity contribution in [3.8, 4) is 0 Å². The Morgan fingerprint density at radius 1 is 1.48 bits per heavy atom. The second kappa shape index (κ2) is 7.48. The average molecular weight is 298 g/mol. The van der Waals surface area contributed by atoms with Gasteiger partial charge in [-0.05, 0) is 7.05 Å². The lowest BCUT2D eigenvalue weighted by Gasteiger charge is -2.30. The first kappa shape index (κ1) is 15.9. The first-order valence-corrected chi connectivity index (χ1v) is 6.95. The lowest BCUT2D eigenvalue weighted by atomic mass is 10.2. The van der Waals surface area contributed by atoms with Crippen molar-refractivity contribution in [1.29, 1.82) is 0 Å². The van der Waals surface area contributed by atoms with Crippen LogP contribution in [0.4, 0.5) is 0 Å². The lowest BCUT2D eigenvalue weighted by molar-refractivity contribution is -0.0297. The molecule has 21 heavy (non-hydrogen) atoms. The number of likely N-dealkylation sites (N-methyl/N-ethyl adjacent to an activating group) is 1. The summed E-state index contributed by atoms with van der Waals surface area (Å²) in [6.07, 6.45) is 0.591. The summed E-state index contributed by atoms with van der Waals surface area (Å²) in [6, 6.07) is 0. The molecule has 1 unspecified atom stereocenters. The van der Waals surface area contributed by atoms with Crippen molar-refractivity contribution in [3.05, 3.63) is 11.4 Å². The SMILES string of the molecule is COCCc1c(C(=O)OC)nnn1CC1CN(C)CCO1. The third-order valence-electron chi connectivity index (χ3n) is 3.48. The highest BCUT2D eigenvalue weighted by atomic mass is 16.5. The summed E-state index contributed by atoms with van der Waals surface area (Å²) in [7, 11) is 5.01. The summed E-state index contributed by atoms with van der Waals surface area (Å²) < 4.78 is 17.3. The van der Waals surface area contributed by atoms with E-state index in [0.717, 1.165) is 18.8 Å². The Kier molecular flexibility index (Phi) is 5.66. The molecule has 0 amide bonds. The van der Waals surface area contributed by atoms with Gasteiger partial charge in [0.1, 0.15) is 0 Å². The zero-order chi connectivity index (χ0) is 15.2. The van der Waals surface area contributed by atoms with Crippen LogP contribution in [0.3, 0.4) is 0 Å². The van der Waals surface area contributed by atoms with Crippen LogP contribution in [0.25, 0.3) is 0 Å². The third kappa shape index (κ3) is 3.99. The smallest absolute Gasteiger partial charge is 0.360 e. The van der Waals surface area contributed by atoms with E-state index in [-0.39, 0.29) is 11.8 Å². The van der Waals surface area contributed by atoms with Gasteiger partial charge in [-0.15, -0.1) is 5.10 Å². The summed E-state index contributed by atoms with van der Waals surface area (Å²) in [4.78, 5) is 13.9. The first-order valence-electron chi connectivity index (χ1n) is 6.95. The van der Waals surface area contributed by atoms with Crippen molar-refractivity contribution < 1.29 is 19.0 Å². The van der Waals surface area contributed by atoms with Gasteiger partial charge < -0.3 is 19.1 Å². The number of morpholine rings is 1. The maximum absolute atomic E-state index is 11.7. The molecule has 0 N–H and O–H groups in total. The molecule has 0 spiro atoms. The van der Waals surface area contributed by atoms with Gasteiger partial charge in [0.05, 0.1) is 38.7 Å². The second-order valence-corrected chi connectivity index (χ2v) is 5.06. The number of nitrogens with zero attached hydrogens (tertiary/aromatic N) is 4. The Morgan fingerprint density at radius 2 is 2.29 bits per heavy atom. The maximum Gasteiger partial charge on any atom is 0.360 e. The van der Waals surface area contributed by atoms with Crippen LogP contribution >= 0.6 is 0 Å². The van der Waals surface area contributed by atoms with Crippen molar-refractivity contribution in [2.45, 2.75) is 19.1 Å². The number of carbonyl (C=O) groups excluding carboxylic acids is 1. The van der Waals surface area contributed by atoms with Crippen molar-refractivity contribution in [3.63, 3.8) is 0 Å². The molecule has 0 bridgehead atoms. The van der Waals surface area contributed by atoms with E-state index in [4.69, 9.17) is 14.2 Å². The van der Waals surface area contributed by atoms with E-state index in [1.165, 1.54) is 7.11 Å². The highest BCUT2D eigenvalue weighted by Gasteiger charge is 2.24. The molecule has 1 fully saturated rings. The Balaban J connectivity index is 2.13. The quantitative estimate of drug-likeness (QED) is 0.660. The minimum Gasteiger partial charge on any atom is -0.464 e. The standard InChI is InChI=1S/C13H22N4O4/c1-16-5-7-21-10(8-16)9-17-11(4-6-19-2)12(14-15-17)13(18)20-3/h10H,4-9H2,1-3H3. The van der Waals surface area contributed by atoms with Crippen LogP contribution in [0.5, 0.6) is 0 Å². The summed E-state index contributed by atoms with van der Waals surface area (Å²) >= 11 is 0. The monoisotopic (exact) mass is 298 g/mol. The van der Waals surface area contributed by atoms with Gasteiger partial charge in [-0.3, -0.25) is 0 Å². The predicted molar refractivity (Wildman–Crippen MR) is 74.2 cm³/mol. The zero-order valence-corrected chi connectivity index (χ0v) is 12.7.